The van der Waals surface area contributed by atoms with Gasteiger partial charge in [0.05, 0.1) is 12.2 Å². The predicted octanol–water partition coefficient (Wildman–Crippen LogP) is 3.05. The highest BCUT2D eigenvalue weighted by atomic mass is 16.1. The zero-order valence-electron chi connectivity index (χ0n) is 13.9. The van der Waals surface area contributed by atoms with Gasteiger partial charge in [-0.25, -0.2) is 0 Å². The molecule has 0 bridgehead atoms. The van der Waals surface area contributed by atoms with E-state index in [1.807, 2.05) is 36.5 Å². The van der Waals surface area contributed by atoms with E-state index in [4.69, 9.17) is 0 Å². The van der Waals surface area contributed by atoms with E-state index in [0.717, 1.165) is 23.0 Å². The maximum absolute atomic E-state index is 12.2. The van der Waals surface area contributed by atoms with Gasteiger partial charge in [-0.2, -0.15) is 5.10 Å². The summed E-state index contributed by atoms with van der Waals surface area (Å²) in [6.07, 6.45) is 5.73. The number of aromatic nitrogens is 3. The van der Waals surface area contributed by atoms with E-state index in [1.54, 1.807) is 0 Å². The molecule has 2 heterocycles. The van der Waals surface area contributed by atoms with Crippen molar-refractivity contribution in [3.05, 3.63) is 63.7 Å². The van der Waals surface area contributed by atoms with Crippen LogP contribution in [0.4, 0.5) is 0 Å². The normalized spacial score (nSPS) is 14.9. The molecule has 0 saturated heterocycles. The summed E-state index contributed by atoms with van der Waals surface area (Å²) in [6.45, 7) is 3.41. The Morgan fingerprint density at radius 3 is 2.83 bits per heavy atom. The molecule has 1 saturated carbocycles. The fourth-order valence-electron chi connectivity index (χ4n) is 3.29. The van der Waals surface area contributed by atoms with Crippen molar-refractivity contribution in [3.63, 3.8) is 0 Å². The molecule has 0 radical (unpaired) electrons. The van der Waals surface area contributed by atoms with Crippen LogP contribution in [0.3, 0.4) is 0 Å². The van der Waals surface area contributed by atoms with E-state index in [9.17, 15) is 4.79 Å². The third-order valence-electron chi connectivity index (χ3n) is 5.03. The second kappa shape index (κ2) is 6.24. The van der Waals surface area contributed by atoms with Gasteiger partial charge in [-0.3, -0.25) is 9.48 Å². The third-order valence-corrected chi connectivity index (χ3v) is 5.03. The SMILES string of the molecule is Cc1c(CNCc2cc3ccccc3[nH]c2=O)cnn1C1CCC1. The molecule has 24 heavy (non-hydrogen) atoms. The van der Waals surface area contributed by atoms with Gasteiger partial charge in [-0.15, -0.1) is 0 Å². The number of pyridine rings is 1. The molecule has 1 fully saturated rings. The Hall–Kier alpha value is -2.40. The molecule has 0 unspecified atom stereocenters. The molecule has 124 valence electrons. The van der Waals surface area contributed by atoms with Gasteiger partial charge in [0.15, 0.2) is 0 Å². The first-order valence-corrected chi connectivity index (χ1v) is 8.57. The zero-order chi connectivity index (χ0) is 16.5. The molecule has 0 amide bonds. The molecule has 1 aromatic carbocycles. The van der Waals surface area contributed by atoms with Gasteiger partial charge in [0, 0.05) is 35.4 Å². The van der Waals surface area contributed by atoms with Gasteiger partial charge in [-0.1, -0.05) is 18.2 Å². The van der Waals surface area contributed by atoms with E-state index in [0.29, 0.717) is 12.6 Å². The van der Waals surface area contributed by atoms with E-state index >= 15 is 0 Å². The number of benzene rings is 1. The van der Waals surface area contributed by atoms with Crippen LogP contribution in [-0.2, 0) is 13.1 Å². The molecule has 1 aliphatic rings. The summed E-state index contributed by atoms with van der Waals surface area (Å²) in [5, 5.41) is 8.97. The van der Waals surface area contributed by atoms with E-state index in [-0.39, 0.29) is 5.56 Å². The minimum Gasteiger partial charge on any atom is -0.322 e. The lowest BCUT2D eigenvalue weighted by Crippen LogP contribution is -2.22. The fraction of sp³-hybridized carbons (Fsp3) is 0.368. The van der Waals surface area contributed by atoms with E-state index in [1.165, 1.54) is 30.5 Å². The number of H-pyrrole nitrogens is 1. The van der Waals surface area contributed by atoms with Crippen LogP contribution in [0.5, 0.6) is 0 Å². The Morgan fingerprint density at radius 1 is 1.25 bits per heavy atom. The lowest BCUT2D eigenvalue weighted by molar-refractivity contribution is 0.284. The second-order valence-corrected chi connectivity index (χ2v) is 6.60. The maximum Gasteiger partial charge on any atom is 0.252 e. The van der Waals surface area contributed by atoms with Crippen molar-refractivity contribution in [1.82, 2.24) is 20.1 Å². The van der Waals surface area contributed by atoms with Crippen LogP contribution in [0.25, 0.3) is 10.9 Å². The highest BCUT2D eigenvalue weighted by Crippen LogP contribution is 2.32. The molecule has 5 heteroatoms. The molecule has 2 aromatic heterocycles. The van der Waals surface area contributed by atoms with Crippen LogP contribution in [0.2, 0.25) is 0 Å². The summed E-state index contributed by atoms with van der Waals surface area (Å²) in [5.41, 5.74) is 4.06. The standard InChI is InChI=1S/C19H22N4O/c1-13-16(12-21-23(13)17-6-4-7-17)11-20-10-15-9-14-5-2-3-8-18(14)22-19(15)24/h2-3,5,8-9,12,17,20H,4,6-7,10-11H2,1H3,(H,22,24). The number of hydrogen-bond donors (Lipinski definition) is 2. The summed E-state index contributed by atoms with van der Waals surface area (Å²) in [5.74, 6) is 0. The Bertz CT molecular complexity index is 921. The lowest BCUT2D eigenvalue weighted by atomic mass is 9.93. The number of fused-ring (bicyclic) bond motifs is 1. The molecular weight excluding hydrogens is 300 g/mol. The van der Waals surface area contributed by atoms with Crippen molar-refractivity contribution in [2.75, 3.05) is 0 Å². The fourth-order valence-corrected chi connectivity index (χ4v) is 3.29. The van der Waals surface area contributed by atoms with Crippen molar-refractivity contribution in [2.45, 2.75) is 45.3 Å². The van der Waals surface area contributed by atoms with Crippen molar-refractivity contribution < 1.29 is 0 Å². The number of para-hydroxylation sites is 1. The molecule has 0 atom stereocenters. The average molecular weight is 322 g/mol. The Balaban J connectivity index is 1.45. The maximum atomic E-state index is 12.2. The summed E-state index contributed by atoms with van der Waals surface area (Å²) >= 11 is 0. The molecule has 0 spiro atoms. The Kier molecular flexibility index (Phi) is 3.94. The molecule has 0 aliphatic heterocycles. The van der Waals surface area contributed by atoms with Gasteiger partial charge in [-0.05, 0) is 43.7 Å². The van der Waals surface area contributed by atoms with E-state index in [2.05, 4.69) is 27.0 Å². The summed E-state index contributed by atoms with van der Waals surface area (Å²) in [7, 11) is 0. The molecule has 2 N–H and O–H groups in total. The lowest BCUT2D eigenvalue weighted by Gasteiger charge is -2.27. The molecule has 1 aliphatic carbocycles. The van der Waals surface area contributed by atoms with Crippen LogP contribution in [0.15, 0.2) is 41.3 Å². The minimum atomic E-state index is -0.0249. The number of rotatable bonds is 5. The average Bonchev–Trinajstić information content (AvgIpc) is 2.88. The van der Waals surface area contributed by atoms with E-state index < -0.39 is 0 Å². The van der Waals surface area contributed by atoms with Crippen molar-refractivity contribution >= 4 is 10.9 Å². The summed E-state index contributed by atoms with van der Waals surface area (Å²) in [6, 6.07) is 10.4. The largest absolute Gasteiger partial charge is 0.322 e. The van der Waals surface area contributed by atoms with Crippen LogP contribution >= 0.6 is 0 Å². The van der Waals surface area contributed by atoms with Gasteiger partial charge in [0.1, 0.15) is 0 Å². The molecular formula is C19H22N4O. The first kappa shape index (κ1) is 15.1. The highest BCUT2D eigenvalue weighted by molar-refractivity contribution is 5.78. The smallest absolute Gasteiger partial charge is 0.252 e. The molecule has 4 rings (SSSR count). The van der Waals surface area contributed by atoms with Crippen LogP contribution < -0.4 is 10.9 Å². The van der Waals surface area contributed by atoms with Gasteiger partial charge >= 0.3 is 0 Å². The van der Waals surface area contributed by atoms with Crippen molar-refractivity contribution in [3.8, 4) is 0 Å². The Labute approximate surface area is 140 Å². The van der Waals surface area contributed by atoms with Crippen molar-refractivity contribution in [2.24, 2.45) is 0 Å². The zero-order valence-corrected chi connectivity index (χ0v) is 13.9. The number of nitrogens with zero attached hydrogens (tertiary/aromatic N) is 2. The highest BCUT2D eigenvalue weighted by Gasteiger charge is 2.22. The van der Waals surface area contributed by atoms with Crippen LogP contribution in [0, 0.1) is 6.92 Å². The second-order valence-electron chi connectivity index (χ2n) is 6.60. The first-order chi connectivity index (χ1) is 11.7. The van der Waals surface area contributed by atoms with Gasteiger partial charge in [0.2, 0.25) is 0 Å². The molecule has 5 nitrogen and oxygen atoms in total. The summed E-state index contributed by atoms with van der Waals surface area (Å²) < 4.78 is 2.16. The molecule has 3 aromatic rings. The Morgan fingerprint density at radius 2 is 2.04 bits per heavy atom. The number of nitrogens with one attached hydrogen (secondary N) is 2. The quantitative estimate of drug-likeness (QED) is 0.759. The predicted molar refractivity (Wildman–Crippen MR) is 95.0 cm³/mol. The number of hydrogen-bond acceptors (Lipinski definition) is 3. The van der Waals surface area contributed by atoms with Gasteiger partial charge in [0.25, 0.3) is 5.56 Å². The third kappa shape index (κ3) is 2.76. The first-order valence-electron chi connectivity index (χ1n) is 8.57. The van der Waals surface area contributed by atoms with Crippen LogP contribution in [0.1, 0.15) is 42.1 Å². The topological polar surface area (TPSA) is 62.7 Å². The van der Waals surface area contributed by atoms with Gasteiger partial charge < -0.3 is 10.3 Å². The monoisotopic (exact) mass is 322 g/mol. The number of aromatic amines is 1. The van der Waals surface area contributed by atoms with Crippen LogP contribution in [-0.4, -0.2) is 14.8 Å². The minimum absolute atomic E-state index is 0.0249. The summed E-state index contributed by atoms with van der Waals surface area (Å²) in [4.78, 5) is 15.1. The van der Waals surface area contributed by atoms with Crippen molar-refractivity contribution in [1.29, 1.82) is 0 Å².